The molecule has 3 aliphatic rings. The molecule has 0 bridgehead atoms. The quantitative estimate of drug-likeness (QED) is 0.133. The summed E-state index contributed by atoms with van der Waals surface area (Å²) >= 11 is 1.19. The SMILES string of the molecule is CC(=O)OCC1=C(C(=O)O)N2C(=O)[C@@H](NC(=O)/C(=N\OC3(C(=O)NC(N)=O)CCCC3)c3ccco3)[C@H]2SC1. The van der Waals surface area contributed by atoms with E-state index in [1.54, 1.807) is 0 Å². The first-order valence-corrected chi connectivity index (χ1v) is 12.8. The molecule has 1 saturated heterocycles. The van der Waals surface area contributed by atoms with Gasteiger partial charge in [-0.2, -0.15) is 0 Å². The molecule has 0 unspecified atom stereocenters. The molecule has 0 aromatic carbocycles. The van der Waals surface area contributed by atoms with Gasteiger partial charge in [0.05, 0.1) is 6.26 Å². The Morgan fingerprint density at radius 2 is 2.00 bits per heavy atom. The summed E-state index contributed by atoms with van der Waals surface area (Å²) in [5.41, 5.74) is 3.10. The van der Waals surface area contributed by atoms with Gasteiger partial charge in [0.1, 0.15) is 23.7 Å². The second-order valence-electron chi connectivity index (χ2n) is 8.93. The third-order valence-electron chi connectivity index (χ3n) is 6.33. The predicted molar refractivity (Wildman–Crippen MR) is 132 cm³/mol. The highest BCUT2D eigenvalue weighted by Gasteiger charge is 2.54. The van der Waals surface area contributed by atoms with Crippen molar-refractivity contribution in [3.05, 3.63) is 35.4 Å². The van der Waals surface area contributed by atoms with E-state index in [2.05, 4.69) is 10.5 Å². The first-order valence-electron chi connectivity index (χ1n) is 11.8. The Labute approximate surface area is 225 Å². The summed E-state index contributed by atoms with van der Waals surface area (Å²) in [4.78, 5) is 79.7. The number of ether oxygens (including phenoxy) is 1. The number of nitrogens with zero attached hydrogens (tertiary/aromatic N) is 2. The van der Waals surface area contributed by atoms with E-state index < -0.39 is 52.7 Å². The number of carbonyl (C=O) groups excluding carboxylic acids is 5. The molecule has 4 rings (SSSR count). The predicted octanol–water partition coefficient (Wildman–Crippen LogP) is -0.190. The monoisotopic (exact) mass is 563 g/mol. The molecule has 5 amide bonds. The van der Waals surface area contributed by atoms with Gasteiger partial charge in [0.15, 0.2) is 5.76 Å². The second-order valence-corrected chi connectivity index (χ2v) is 10.0. The molecule has 16 heteroatoms. The van der Waals surface area contributed by atoms with Crippen LogP contribution in [0.15, 0.2) is 39.2 Å². The fraction of sp³-hybridized carbons (Fsp3) is 0.435. The number of imide groups is 1. The number of hydrogen-bond donors (Lipinski definition) is 4. The summed E-state index contributed by atoms with van der Waals surface area (Å²) in [7, 11) is 0. The molecule has 2 atom stereocenters. The van der Waals surface area contributed by atoms with Gasteiger partial charge in [-0.05, 0) is 37.8 Å². The number of aliphatic carboxylic acids is 1. The zero-order chi connectivity index (χ0) is 28.3. The van der Waals surface area contributed by atoms with E-state index in [9.17, 15) is 33.9 Å². The number of rotatable bonds is 9. The van der Waals surface area contributed by atoms with E-state index in [-0.39, 0.29) is 47.9 Å². The van der Waals surface area contributed by atoms with Gasteiger partial charge in [0.2, 0.25) is 11.3 Å². The number of amides is 5. The van der Waals surface area contributed by atoms with Crippen LogP contribution in [0, 0.1) is 0 Å². The fourth-order valence-electron chi connectivity index (χ4n) is 4.47. The van der Waals surface area contributed by atoms with E-state index in [0.717, 1.165) is 4.90 Å². The highest BCUT2D eigenvalue weighted by molar-refractivity contribution is 8.00. The fourth-order valence-corrected chi connectivity index (χ4v) is 5.80. The van der Waals surface area contributed by atoms with E-state index in [1.807, 2.05) is 5.32 Å². The number of β-lactam (4-membered cyclic amide) rings is 1. The lowest BCUT2D eigenvalue weighted by molar-refractivity contribution is -0.150. The van der Waals surface area contributed by atoms with Crippen molar-refractivity contribution < 1.29 is 47.9 Å². The Morgan fingerprint density at radius 3 is 2.59 bits per heavy atom. The summed E-state index contributed by atoms with van der Waals surface area (Å²) in [6.07, 6.45) is 2.93. The number of carbonyl (C=O) groups is 6. The zero-order valence-corrected chi connectivity index (χ0v) is 21.4. The third kappa shape index (κ3) is 5.59. The Balaban J connectivity index is 1.53. The van der Waals surface area contributed by atoms with Crippen LogP contribution < -0.4 is 16.4 Å². The van der Waals surface area contributed by atoms with Crippen molar-refractivity contribution in [2.45, 2.75) is 49.6 Å². The van der Waals surface area contributed by atoms with Crippen LogP contribution in [0.25, 0.3) is 0 Å². The number of carboxylic acid groups (broad SMARTS) is 1. The van der Waals surface area contributed by atoms with Crippen LogP contribution in [-0.2, 0) is 33.5 Å². The van der Waals surface area contributed by atoms with Crippen LogP contribution in [0.5, 0.6) is 0 Å². The average Bonchev–Trinajstić information content (AvgIpc) is 3.58. The smallest absolute Gasteiger partial charge is 0.352 e. The van der Waals surface area contributed by atoms with Crippen molar-refractivity contribution in [1.82, 2.24) is 15.5 Å². The Kier molecular flexibility index (Phi) is 7.94. The molecule has 1 saturated carbocycles. The zero-order valence-electron chi connectivity index (χ0n) is 20.6. The number of hydrogen-bond acceptors (Lipinski definition) is 11. The number of nitrogens with two attached hydrogens (primary N) is 1. The highest BCUT2D eigenvalue weighted by Crippen LogP contribution is 2.40. The Hall–Kier alpha value is -4.34. The van der Waals surface area contributed by atoms with Crippen LogP contribution in [0.4, 0.5) is 4.79 Å². The largest absolute Gasteiger partial charge is 0.477 e. The number of oxime groups is 1. The van der Waals surface area contributed by atoms with Gasteiger partial charge in [-0.1, -0.05) is 5.16 Å². The molecule has 5 N–H and O–H groups in total. The maximum atomic E-state index is 13.3. The van der Waals surface area contributed by atoms with E-state index in [0.29, 0.717) is 12.8 Å². The Bertz CT molecular complexity index is 1270. The Morgan fingerprint density at radius 1 is 1.28 bits per heavy atom. The maximum absolute atomic E-state index is 13.3. The molecule has 2 fully saturated rings. The van der Waals surface area contributed by atoms with Crippen molar-refractivity contribution >= 4 is 53.2 Å². The van der Waals surface area contributed by atoms with Gasteiger partial charge in [0, 0.05) is 18.2 Å². The van der Waals surface area contributed by atoms with Gasteiger partial charge in [-0.15, -0.1) is 11.8 Å². The van der Waals surface area contributed by atoms with Crippen LogP contribution in [-0.4, -0.2) is 80.8 Å². The molecule has 15 nitrogen and oxygen atoms in total. The highest BCUT2D eigenvalue weighted by atomic mass is 32.2. The lowest BCUT2D eigenvalue weighted by Crippen LogP contribution is -2.71. The number of primary amides is 1. The van der Waals surface area contributed by atoms with E-state index in [4.69, 9.17) is 19.7 Å². The van der Waals surface area contributed by atoms with Crippen molar-refractivity contribution in [3.63, 3.8) is 0 Å². The maximum Gasteiger partial charge on any atom is 0.352 e. The van der Waals surface area contributed by atoms with Crippen LogP contribution in [0.1, 0.15) is 38.4 Å². The summed E-state index contributed by atoms with van der Waals surface area (Å²) in [6, 6.07) is 0.742. The van der Waals surface area contributed by atoms with Crippen molar-refractivity contribution in [3.8, 4) is 0 Å². The topological polar surface area (TPSA) is 220 Å². The van der Waals surface area contributed by atoms with Crippen molar-refractivity contribution in [2.24, 2.45) is 10.9 Å². The molecule has 1 aliphatic carbocycles. The third-order valence-corrected chi connectivity index (χ3v) is 7.67. The molecule has 39 heavy (non-hydrogen) atoms. The normalized spacial score (nSPS) is 21.9. The van der Waals surface area contributed by atoms with Crippen LogP contribution in [0.2, 0.25) is 0 Å². The summed E-state index contributed by atoms with van der Waals surface area (Å²) < 4.78 is 10.2. The average molecular weight is 564 g/mol. The van der Waals surface area contributed by atoms with Crippen LogP contribution in [0.3, 0.4) is 0 Å². The number of nitrogens with one attached hydrogen (secondary N) is 2. The minimum absolute atomic E-state index is 0.0225. The molecule has 3 heterocycles. The molecule has 0 spiro atoms. The van der Waals surface area contributed by atoms with Gasteiger partial charge >= 0.3 is 18.0 Å². The number of esters is 1. The summed E-state index contributed by atoms with van der Waals surface area (Å²) in [5.74, 6) is -4.21. The standard InChI is InChI=1S/C23H25N5O10S/c1-11(29)37-9-12-10-39-19-15(18(31)28(19)16(12)20(32)33)25-17(30)14(13-5-4-8-36-13)27-38-23(6-2-3-7-23)21(34)26-22(24)35/h4-5,8,15,19H,2-3,6-7,9-10H2,1H3,(H,25,30)(H,32,33)(H3,24,26,34,35)/b27-14-/t15-,19-/m1/s1. The molecule has 208 valence electrons. The van der Waals surface area contributed by atoms with Crippen molar-refractivity contribution in [2.75, 3.05) is 12.4 Å². The lowest BCUT2D eigenvalue weighted by Gasteiger charge is -2.49. The molecule has 1 aromatic rings. The molecule has 1 aromatic heterocycles. The number of thioether (sulfide) groups is 1. The first-order chi connectivity index (χ1) is 18.5. The van der Waals surface area contributed by atoms with Crippen molar-refractivity contribution in [1.29, 1.82) is 0 Å². The van der Waals surface area contributed by atoms with E-state index >= 15 is 0 Å². The summed E-state index contributed by atoms with van der Waals surface area (Å²) in [6.45, 7) is 0.899. The van der Waals surface area contributed by atoms with E-state index in [1.165, 1.54) is 37.1 Å². The number of carboxylic acids is 1. The number of urea groups is 1. The molecule has 0 radical (unpaired) electrons. The van der Waals surface area contributed by atoms with Gasteiger partial charge in [-0.25, -0.2) is 9.59 Å². The van der Waals surface area contributed by atoms with Crippen LogP contribution >= 0.6 is 11.8 Å². The molecular formula is C23H25N5O10S. The minimum atomic E-state index is -1.53. The number of furan rings is 1. The first kappa shape index (κ1) is 27.7. The lowest BCUT2D eigenvalue weighted by atomic mass is 10.0. The van der Waals surface area contributed by atoms with Gasteiger partial charge in [-0.3, -0.25) is 29.4 Å². The second kappa shape index (κ2) is 11.2. The van der Waals surface area contributed by atoms with Gasteiger partial charge in [0.25, 0.3) is 17.7 Å². The molecular weight excluding hydrogens is 538 g/mol. The molecule has 2 aliphatic heterocycles. The number of fused-ring (bicyclic) bond motifs is 1. The van der Waals surface area contributed by atoms with Gasteiger partial charge < -0.3 is 30.1 Å². The minimum Gasteiger partial charge on any atom is -0.477 e. The summed E-state index contributed by atoms with van der Waals surface area (Å²) in [5, 5.41) is 17.4.